The molecule has 0 aromatic rings. The second kappa shape index (κ2) is 8.45. The van der Waals surface area contributed by atoms with Crippen LogP contribution < -0.4 is 11.1 Å². The Labute approximate surface area is 109 Å². The summed E-state index contributed by atoms with van der Waals surface area (Å²) in [7, 11) is 0. The summed E-state index contributed by atoms with van der Waals surface area (Å²) in [6.07, 6.45) is 1.49. The maximum atomic E-state index is 11.8. The molecule has 1 amide bonds. The van der Waals surface area contributed by atoms with Gasteiger partial charge in [0, 0.05) is 13.0 Å². The molecule has 0 spiro atoms. The lowest BCUT2D eigenvalue weighted by Gasteiger charge is -2.23. The number of amides is 1. The van der Waals surface area contributed by atoms with Gasteiger partial charge in [0.1, 0.15) is 0 Å². The number of hydrogen-bond donors (Lipinski definition) is 2. The van der Waals surface area contributed by atoms with Crippen molar-refractivity contribution in [2.75, 3.05) is 32.9 Å². The lowest BCUT2D eigenvalue weighted by atomic mass is 9.94. The van der Waals surface area contributed by atoms with Gasteiger partial charge in [-0.1, -0.05) is 13.8 Å². The summed E-state index contributed by atoms with van der Waals surface area (Å²) in [5.41, 5.74) is 5.68. The standard InChI is InChI=1S/C13H26N2O3/c1-10(2)5-11(7-14)6-13(16)15-8-12-9-17-3-4-18-12/h10-12H,3-9,14H2,1-2H3,(H,15,16). The number of ether oxygens (including phenoxy) is 2. The van der Waals surface area contributed by atoms with E-state index in [1.54, 1.807) is 0 Å². The van der Waals surface area contributed by atoms with Crippen LogP contribution in [-0.4, -0.2) is 44.9 Å². The molecule has 0 aromatic heterocycles. The van der Waals surface area contributed by atoms with E-state index in [-0.39, 0.29) is 17.9 Å². The van der Waals surface area contributed by atoms with E-state index in [1.165, 1.54) is 0 Å². The van der Waals surface area contributed by atoms with Crippen LogP contribution in [0.2, 0.25) is 0 Å². The van der Waals surface area contributed by atoms with Crippen LogP contribution >= 0.6 is 0 Å². The molecular weight excluding hydrogens is 232 g/mol. The van der Waals surface area contributed by atoms with E-state index in [1.807, 2.05) is 0 Å². The van der Waals surface area contributed by atoms with Crippen molar-refractivity contribution in [2.24, 2.45) is 17.6 Å². The molecule has 0 radical (unpaired) electrons. The highest BCUT2D eigenvalue weighted by Crippen LogP contribution is 2.14. The van der Waals surface area contributed by atoms with Crippen LogP contribution in [0.5, 0.6) is 0 Å². The monoisotopic (exact) mass is 258 g/mol. The van der Waals surface area contributed by atoms with E-state index >= 15 is 0 Å². The topological polar surface area (TPSA) is 73.6 Å². The van der Waals surface area contributed by atoms with Crippen LogP contribution in [-0.2, 0) is 14.3 Å². The molecule has 5 heteroatoms. The van der Waals surface area contributed by atoms with Crippen molar-refractivity contribution in [3.8, 4) is 0 Å². The third-order valence-corrected chi connectivity index (χ3v) is 3.02. The van der Waals surface area contributed by atoms with Crippen molar-refractivity contribution in [3.05, 3.63) is 0 Å². The third-order valence-electron chi connectivity index (χ3n) is 3.02. The minimum Gasteiger partial charge on any atom is -0.376 e. The van der Waals surface area contributed by atoms with Gasteiger partial charge in [0.25, 0.3) is 0 Å². The molecule has 0 bridgehead atoms. The maximum Gasteiger partial charge on any atom is 0.220 e. The Balaban J connectivity index is 2.18. The lowest BCUT2D eigenvalue weighted by Crippen LogP contribution is -2.40. The number of carbonyl (C=O) groups excluding carboxylic acids is 1. The summed E-state index contributed by atoms with van der Waals surface area (Å²) < 4.78 is 10.7. The van der Waals surface area contributed by atoms with Gasteiger partial charge in [0.2, 0.25) is 5.91 Å². The van der Waals surface area contributed by atoms with E-state index in [9.17, 15) is 4.79 Å². The first-order valence-corrected chi connectivity index (χ1v) is 6.78. The smallest absolute Gasteiger partial charge is 0.220 e. The zero-order valence-corrected chi connectivity index (χ0v) is 11.5. The predicted molar refractivity (Wildman–Crippen MR) is 70.2 cm³/mol. The van der Waals surface area contributed by atoms with Gasteiger partial charge in [-0.05, 0) is 24.8 Å². The van der Waals surface area contributed by atoms with Crippen molar-refractivity contribution in [1.82, 2.24) is 5.32 Å². The molecule has 1 saturated heterocycles. The summed E-state index contributed by atoms with van der Waals surface area (Å²) in [4.78, 5) is 11.8. The Hall–Kier alpha value is -0.650. The average Bonchev–Trinajstić information content (AvgIpc) is 2.36. The van der Waals surface area contributed by atoms with Crippen LogP contribution in [0.3, 0.4) is 0 Å². The number of nitrogens with one attached hydrogen (secondary N) is 1. The van der Waals surface area contributed by atoms with Crippen LogP contribution in [0.25, 0.3) is 0 Å². The van der Waals surface area contributed by atoms with Crippen molar-refractivity contribution in [2.45, 2.75) is 32.8 Å². The van der Waals surface area contributed by atoms with Crippen LogP contribution in [0.15, 0.2) is 0 Å². The van der Waals surface area contributed by atoms with Gasteiger partial charge in [0.05, 0.1) is 25.9 Å². The molecule has 0 aromatic carbocycles. The van der Waals surface area contributed by atoms with Crippen LogP contribution in [0.4, 0.5) is 0 Å². The van der Waals surface area contributed by atoms with Crippen molar-refractivity contribution in [3.63, 3.8) is 0 Å². The highest BCUT2D eigenvalue weighted by molar-refractivity contribution is 5.76. The summed E-state index contributed by atoms with van der Waals surface area (Å²) in [5, 5.41) is 2.89. The van der Waals surface area contributed by atoms with Gasteiger partial charge in [-0.2, -0.15) is 0 Å². The van der Waals surface area contributed by atoms with E-state index in [2.05, 4.69) is 19.2 Å². The van der Waals surface area contributed by atoms with Gasteiger partial charge >= 0.3 is 0 Å². The van der Waals surface area contributed by atoms with E-state index in [0.29, 0.717) is 45.2 Å². The Bertz CT molecular complexity index is 240. The van der Waals surface area contributed by atoms with Gasteiger partial charge in [0.15, 0.2) is 0 Å². The van der Waals surface area contributed by atoms with Crippen LogP contribution in [0.1, 0.15) is 26.7 Å². The fourth-order valence-electron chi connectivity index (χ4n) is 2.15. The molecule has 1 aliphatic heterocycles. The Kier molecular flexibility index (Phi) is 7.23. The molecule has 106 valence electrons. The molecular formula is C13H26N2O3. The Morgan fingerprint density at radius 3 is 2.78 bits per heavy atom. The fraction of sp³-hybridized carbons (Fsp3) is 0.923. The molecule has 0 saturated carbocycles. The maximum absolute atomic E-state index is 11.8. The second-order valence-electron chi connectivity index (χ2n) is 5.31. The first-order valence-electron chi connectivity index (χ1n) is 6.78. The first kappa shape index (κ1) is 15.4. The zero-order chi connectivity index (χ0) is 13.4. The molecule has 5 nitrogen and oxygen atoms in total. The number of carbonyl (C=O) groups is 1. The molecule has 1 aliphatic rings. The minimum atomic E-state index is -0.0101. The summed E-state index contributed by atoms with van der Waals surface area (Å²) in [5.74, 6) is 0.898. The summed E-state index contributed by atoms with van der Waals surface area (Å²) in [6.45, 7) is 7.20. The van der Waals surface area contributed by atoms with Gasteiger partial charge in [-0.25, -0.2) is 0 Å². The Morgan fingerprint density at radius 1 is 1.44 bits per heavy atom. The molecule has 1 fully saturated rings. The van der Waals surface area contributed by atoms with E-state index < -0.39 is 0 Å². The molecule has 0 aliphatic carbocycles. The molecule has 1 rings (SSSR count). The normalized spacial score (nSPS) is 21.9. The van der Waals surface area contributed by atoms with Crippen LogP contribution in [0, 0.1) is 11.8 Å². The zero-order valence-electron chi connectivity index (χ0n) is 11.5. The Morgan fingerprint density at radius 2 is 2.22 bits per heavy atom. The molecule has 1 heterocycles. The minimum absolute atomic E-state index is 0.0101. The fourth-order valence-corrected chi connectivity index (χ4v) is 2.15. The summed E-state index contributed by atoms with van der Waals surface area (Å²) >= 11 is 0. The highest BCUT2D eigenvalue weighted by atomic mass is 16.6. The molecule has 2 unspecified atom stereocenters. The SMILES string of the molecule is CC(C)CC(CN)CC(=O)NCC1COCCO1. The largest absolute Gasteiger partial charge is 0.376 e. The van der Waals surface area contributed by atoms with Gasteiger partial charge in [-0.3, -0.25) is 4.79 Å². The molecule has 2 atom stereocenters. The number of hydrogen-bond acceptors (Lipinski definition) is 4. The quantitative estimate of drug-likeness (QED) is 0.698. The van der Waals surface area contributed by atoms with Crippen molar-refractivity contribution in [1.29, 1.82) is 0 Å². The average molecular weight is 258 g/mol. The van der Waals surface area contributed by atoms with Crippen molar-refractivity contribution >= 4 is 5.91 Å². The van der Waals surface area contributed by atoms with Crippen molar-refractivity contribution < 1.29 is 14.3 Å². The molecule has 18 heavy (non-hydrogen) atoms. The first-order chi connectivity index (χ1) is 8.61. The van der Waals surface area contributed by atoms with E-state index in [4.69, 9.17) is 15.2 Å². The molecule has 3 N–H and O–H groups in total. The van der Waals surface area contributed by atoms with E-state index in [0.717, 1.165) is 6.42 Å². The summed E-state index contributed by atoms with van der Waals surface area (Å²) in [6, 6.07) is 0. The number of nitrogens with two attached hydrogens (primary N) is 1. The third kappa shape index (κ3) is 6.33. The van der Waals surface area contributed by atoms with Gasteiger partial charge < -0.3 is 20.5 Å². The lowest BCUT2D eigenvalue weighted by molar-refractivity contribution is -0.124. The van der Waals surface area contributed by atoms with Gasteiger partial charge in [-0.15, -0.1) is 0 Å². The second-order valence-corrected chi connectivity index (χ2v) is 5.31. The number of rotatable bonds is 7. The predicted octanol–water partition coefficient (Wildman–Crippen LogP) is 0.529. The highest BCUT2D eigenvalue weighted by Gasteiger charge is 2.17.